The van der Waals surface area contributed by atoms with Crippen LogP contribution in [0.2, 0.25) is 0 Å². The van der Waals surface area contributed by atoms with Crippen molar-refractivity contribution in [1.82, 2.24) is 0 Å². The van der Waals surface area contributed by atoms with E-state index in [-0.39, 0.29) is 23.1 Å². The van der Waals surface area contributed by atoms with Gasteiger partial charge in [0.1, 0.15) is 0 Å². The Balaban J connectivity index is 2.35. The number of phenols is 1. The molecule has 1 aromatic carbocycles. The minimum atomic E-state index is -0.636. The first-order valence-corrected chi connectivity index (χ1v) is 6.21. The highest BCUT2D eigenvalue weighted by atomic mass is 16.6. The molecule has 0 unspecified atom stereocenters. The minimum Gasteiger partial charge on any atom is -0.502 e. The second kappa shape index (κ2) is 5.22. The number of rotatable bonds is 2. The van der Waals surface area contributed by atoms with Gasteiger partial charge in [0.25, 0.3) is 0 Å². The average Bonchev–Trinajstić information content (AvgIpc) is 2.37. The van der Waals surface area contributed by atoms with Crippen molar-refractivity contribution >= 4 is 17.5 Å². The van der Waals surface area contributed by atoms with Gasteiger partial charge in [-0.05, 0) is 42.5 Å². The van der Waals surface area contributed by atoms with Crippen LogP contribution in [0, 0.1) is 16.0 Å². The summed E-state index contributed by atoms with van der Waals surface area (Å²) >= 11 is 0. The van der Waals surface area contributed by atoms with Gasteiger partial charge in [0.05, 0.1) is 4.92 Å². The van der Waals surface area contributed by atoms with Crippen LogP contribution in [0.5, 0.6) is 5.75 Å². The molecular weight excluding hydrogens is 246 g/mol. The van der Waals surface area contributed by atoms with Crippen LogP contribution in [-0.4, -0.2) is 15.8 Å². The van der Waals surface area contributed by atoms with E-state index >= 15 is 0 Å². The first-order valence-electron chi connectivity index (χ1n) is 6.21. The summed E-state index contributed by atoms with van der Waals surface area (Å²) in [6.45, 7) is 1.90. The van der Waals surface area contributed by atoms with E-state index in [4.69, 9.17) is 0 Å². The molecule has 0 heterocycles. The monoisotopic (exact) mass is 261 g/mol. The first kappa shape index (κ1) is 13.3. The third kappa shape index (κ3) is 2.81. The number of nitro benzene ring substituents is 1. The lowest BCUT2D eigenvalue weighted by atomic mass is 9.84. The first-order chi connectivity index (χ1) is 8.99. The van der Waals surface area contributed by atoms with Gasteiger partial charge in [-0.25, -0.2) is 0 Å². The zero-order chi connectivity index (χ0) is 14.0. The van der Waals surface area contributed by atoms with Crippen LogP contribution < -0.4 is 0 Å². The Kier molecular flexibility index (Phi) is 3.64. The highest BCUT2D eigenvalue weighted by Gasteiger charge is 2.22. The molecule has 2 rings (SSSR count). The maximum Gasteiger partial charge on any atom is 0.311 e. The number of hydrogen-bond donors (Lipinski definition) is 1. The van der Waals surface area contributed by atoms with Crippen molar-refractivity contribution in [3.05, 3.63) is 39.4 Å². The fourth-order valence-corrected chi connectivity index (χ4v) is 2.29. The zero-order valence-corrected chi connectivity index (χ0v) is 10.6. The summed E-state index contributed by atoms with van der Waals surface area (Å²) in [7, 11) is 0. The minimum absolute atomic E-state index is 0.0205. The predicted octanol–water partition coefficient (Wildman–Crippen LogP) is 3.07. The second-order valence-electron chi connectivity index (χ2n) is 4.83. The van der Waals surface area contributed by atoms with Gasteiger partial charge in [0.15, 0.2) is 11.5 Å². The molecule has 0 bridgehead atoms. The molecule has 0 spiro atoms. The van der Waals surface area contributed by atoms with E-state index in [0.29, 0.717) is 17.6 Å². The zero-order valence-electron chi connectivity index (χ0n) is 10.6. The van der Waals surface area contributed by atoms with Crippen LogP contribution in [-0.2, 0) is 4.79 Å². The number of benzene rings is 1. The van der Waals surface area contributed by atoms with Gasteiger partial charge >= 0.3 is 5.69 Å². The number of aromatic hydroxyl groups is 1. The van der Waals surface area contributed by atoms with Crippen LogP contribution in [0.1, 0.15) is 31.7 Å². The van der Waals surface area contributed by atoms with Crippen molar-refractivity contribution in [2.24, 2.45) is 5.92 Å². The number of nitrogens with zero attached hydrogens (tertiary/aromatic N) is 1. The Hall–Kier alpha value is -2.17. The molecule has 1 atom stereocenters. The van der Waals surface area contributed by atoms with Gasteiger partial charge in [-0.1, -0.05) is 13.0 Å². The number of nitro groups is 1. The molecule has 5 nitrogen and oxygen atoms in total. The fraction of sp³-hybridized carbons (Fsp3) is 0.357. The number of carbonyl (C=O) groups excluding carboxylic acids is 1. The van der Waals surface area contributed by atoms with E-state index in [1.165, 1.54) is 12.1 Å². The van der Waals surface area contributed by atoms with Gasteiger partial charge < -0.3 is 5.11 Å². The van der Waals surface area contributed by atoms with Crippen molar-refractivity contribution in [2.75, 3.05) is 0 Å². The normalized spacial score (nSPS) is 21.6. The number of hydrogen-bond acceptors (Lipinski definition) is 4. The van der Waals surface area contributed by atoms with Crippen molar-refractivity contribution in [1.29, 1.82) is 0 Å². The Bertz CT molecular complexity index is 563. The third-order valence-corrected chi connectivity index (χ3v) is 3.38. The SMILES string of the molecule is C[C@H]1CCC/C(=C\c2ccc(O)c([N+](=O)[O-])c2)C1=O. The van der Waals surface area contributed by atoms with Crippen LogP contribution in [0.15, 0.2) is 23.8 Å². The summed E-state index contributed by atoms with van der Waals surface area (Å²) in [5.41, 5.74) is 0.936. The Labute approximate surface area is 110 Å². The van der Waals surface area contributed by atoms with Gasteiger partial charge in [-0.3, -0.25) is 14.9 Å². The molecule has 0 amide bonds. The lowest BCUT2D eigenvalue weighted by Gasteiger charge is -2.19. The molecule has 0 aromatic heterocycles. The van der Waals surface area contributed by atoms with Crippen LogP contribution >= 0.6 is 0 Å². The van der Waals surface area contributed by atoms with Crippen LogP contribution in [0.4, 0.5) is 5.69 Å². The largest absolute Gasteiger partial charge is 0.502 e. The summed E-state index contributed by atoms with van der Waals surface area (Å²) < 4.78 is 0. The van der Waals surface area contributed by atoms with Crippen LogP contribution in [0.3, 0.4) is 0 Å². The summed E-state index contributed by atoms with van der Waals surface area (Å²) in [4.78, 5) is 22.1. The molecular formula is C14H15NO4. The summed E-state index contributed by atoms with van der Waals surface area (Å²) in [5, 5.41) is 20.1. The number of carbonyl (C=O) groups is 1. The molecule has 1 saturated carbocycles. The lowest BCUT2D eigenvalue weighted by Crippen LogP contribution is -2.18. The van der Waals surface area contributed by atoms with E-state index in [1.807, 2.05) is 6.92 Å². The van der Waals surface area contributed by atoms with Crippen LogP contribution in [0.25, 0.3) is 6.08 Å². The number of ketones is 1. The molecule has 1 aliphatic carbocycles. The molecule has 0 radical (unpaired) electrons. The fourth-order valence-electron chi connectivity index (χ4n) is 2.29. The second-order valence-corrected chi connectivity index (χ2v) is 4.83. The Morgan fingerprint density at radius 1 is 1.47 bits per heavy atom. The highest BCUT2D eigenvalue weighted by molar-refractivity contribution is 6.01. The maximum atomic E-state index is 12.0. The molecule has 0 saturated heterocycles. The molecule has 5 heteroatoms. The average molecular weight is 261 g/mol. The van der Waals surface area contributed by atoms with Crippen molar-refractivity contribution in [3.63, 3.8) is 0 Å². The maximum absolute atomic E-state index is 12.0. The number of phenolic OH excluding ortho intramolecular Hbond substituents is 1. The van der Waals surface area contributed by atoms with E-state index in [0.717, 1.165) is 12.8 Å². The Morgan fingerprint density at radius 3 is 2.89 bits per heavy atom. The van der Waals surface area contributed by atoms with E-state index in [2.05, 4.69) is 0 Å². The van der Waals surface area contributed by atoms with Gasteiger partial charge in [-0.15, -0.1) is 0 Å². The van der Waals surface area contributed by atoms with E-state index < -0.39 is 4.92 Å². The summed E-state index contributed by atoms with van der Waals surface area (Å²) in [5.74, 6) is -0.232. The number of allylic oxidation sites excluding steroid dienone is 1. The van der Waals surface area contributed by atoms with Gasteiger partial charge in [-0.2, -0.15) is 0 Å². The molecule has 100 valence electrons. The molecule has 19 heavy (non-hydrogen) atoms. The molecule has 1 aromatic rings. The molecule has 1 fully saturated rings. The van der Waals surface area contributed by atoms with Gasteiger partial charge in [0.2, 0.25) is 0 Å². The standard InChI is InChI=1S/C14H15NO4/c1-9-3-2-4-11(14(9)17)7-10-5-6-13(16)12(8-10)15(18)19/h5-9,16H,2-4H2,1H3/b11-7+/t9-/m0/s1. The van der Waals surface area contributed by atoms with E-state index in [1.54, 1.807) is 12.1 Å². The quantitative estimate of drug-likeness (QED) is 0.504. The summed E-state index contributed by atoms with van der Waals surface area (Å²) in [6, 6.07) is 4.14. The molecule has 0 aliphatic heterocycles. The van der Waals surface area contributed by atoms with Crippen molar-refractivity contribution in [2.45, 2.75) is 26.2 Å². The van der Waals surface area contributed by atoms with Crippen molar-refractivity contribution < 1.29 is 14.8 Å². The van der Waals surface area contributed by atoms with Crippen molar-refractivity contribution in [3.8, 4) is 5.75 Å². The lowest BCUT2D eigenvalue weighted by molar-refractivity contribution is -0.385. The summed E-state index contributed by atoms with van der Waals surface area (Å²) in [6.07, 6.45) is 4.24. The smallest absolute Gasteiger partial charge is 0.311 e. The number of Topliss-reactive ketones (excluding diaryl/α,β-unsaturated/α-hetero) is 1. The van der Waals surface area contributed by atoms with E-state index in [9.17, 15) is 20.0 Å². The topological polar surface area (TPSA) is 80.4 Å². The molecule has 1 N–H and O–H groups in total. The third-order valence-electron chi connectivity index (χ3n) is 3.38. The van der Waals surface area contributed by atoms with Gasteiger partial charge in [0, 0.05) is 12.0 Å². The predicted molar refractivity (Wildman–Crippen MR) is 70.8 cm³/mol. The highest BCUT2D eigenvalue weighted by Crippen LogP contribution is 2.30. The molecule has 1 aliphatic rings. The Morgan fingerprint density at radius 2 is 2.21 bits per heavy atom.